The summed E-state index contributed by atoms with van der Waals surface area (Å²) in [5, 5.41) is 14.1. The molecule has 0 saturated heterocycles. The summed E-state index contributed by atoms with van der Waals surface area (Å²) in [5.41, 5.74) is 1.78. The summed E-state index contributed by atoms with van der Waals surface area (Å²) in [7, 11) is 3.45. The fraction of sp³-hybridized carbons (Fsp3) is 0.571. The summed E-state index contributed by atoms with van der Waals surface area (Å²) in [6.45, 7) is 7.16. The van der Waals surface area contributed by atoms with Crippen LogP contribution in [-0.2, 0) is 0 Å². The molecular weight excluding hydrogens is 320 g/mol. The molecule has 0 aliphatic rings. The van der Waals surface area contributed by atoms with Crippen molar-refractivity contribution in [2.45, 2.75) is 27.2 Å². The fourth-order valence-corrected chi connectivity index (χ4v) is 3.15. The van der Waals surface area contributed by atoms with Crippen LogP contribution < -0.4 is 10.0 Å². The number of nitrogens with zero attached hydrogens (tertiary/aromatic N) is 3. The first-order valence-corrected chi connectivity index (χ1v) is 9.61. The van der Waals surface area contributed by atoms with Crippen molar-refractivity contribution in [2.75, 3.05) is 24.6 Å². The molecule has 22 heavy (non-hydrogen) atoms. The number of aryl methyl sites for hydroxylation is 1. The van der Waals surface area contributed by atoms with E-state index in [0.717, 1.165) is 24.5 Å². The Morgan fingerprint density at radius 2 is 2.18 bits per heavy atom. The van der Waals surface area contributed by atoms with E-state index in [0.29, 0.717) is 17.0 Å². The number of rotatable bonds is 9. The molecule has 0 aliphatic heterocycles. The molecule has 0 spiro atoms. The molecule has 8 heteroatoms. The van der Waals surface area contributed by atoms with E-state index in [1.807, 2.05) is 6.92 Å². The molecule has 122 valence electrons. The van der Waals surface area contributed by atoms with Crippen molar-refractivity contribution in [3.05, 3.63) is 29.0 Å². The van der Waals surface area contributed by atoms with Crippen molar-refractivity contribution >= 4 is 33.2 Å². The second-order valence-electron chi connectivity index (χ2n) is 4.61. The topological polar surface area (TPSA) is 81.3 Å². The molecule has 0 fully saturated rings. The summed E-state index contributed by atoms with van der Waals surface area (Å²) < 4.78 is 0.644. The van der Waals surface area contributed by atoms with E-state index >= 15 is 0 Å². The zero-order chi connectivity index (χ0) is 16.4. The van der Waals surface area contributed by atoms with E-state index in [1.54, 1.807) is 28.5 Å². The zero-order valence-corrected chi connectivity index (χ0v) is 14.8. The lowest BCUT2D eigenvalue weighted by atomic mass is 10.3. The molecule has 0 bridgehead atoms. The first-order chi connectivity index (χ1) is 10.5. The Hall–Kier alpha value is -1.28. The Bertz CT molecular complexity index is 524. The molecule has 0 unspecified atom stereocenters. The Balaban J connectivity index is 2.14. The molecule has 1 rings (SSSR count). The average molecular weight is 342 g/mol. The highest BCUT2D eigenvalue weighted by Gasteiger charge is 2.11. The molecule has 0 aliphatic carbocycles. The molecule has 6 nitrogen and oxygen atoms in total. The molecule has 0 saturated carbocycles. The van der Waals surface area contributed by atoms with E-state index in [9.17, 15) is 10.0 Å². The highest BCUT2D eigenvalue weighted by atomic mass is 33.1. The maximum absolute atomic E-state index is 11.8. The van der Waals surface area contributed by atoms with Gasteiger partial charge in [0.15, 0.2) is 5.69 Å². The lowest BCUT2D eigenvalue weighted by molar-refractivity contribution is -0.613. The second-order valence-corrected chi connectivity index (χ2v) is 7.31. The Labute approximate surface area is 139 Å². The van der Waals surface area contributed by atoms with Crippen molar-refractivity contribution in [3.8, 4) is 0 Å². The third kappa shape index (κ3) is 7.13. The number of amides is 1. The Morgan fingerprint density at radius 1 is 1.45 bits per heavy atom. The van der Waals surface area contributed by atoms with Crippen LogP contribution in [0.1, 0.15) is 36.5 Å². The zero-order valence-electron chi connectivity index (χ0n) is 13.2. The molecule has 1 heterocycles. The lowest BCUT2D eigenvalue weighted by Crippen LogP contribution is -2.34. The quantitative estimate of drug-likeness (QED) is 0.244. The third-order valence-corrected chi connectivity index (χ3v) is 5.22. The van der Waals surface area contributed by atoms with Crippen molar-refractivity contribution in [3.63, 3.8) is 0 Å². The summed E-state index contributed by atoms with van der Waals surface area (Å²) in [6.07, 6.45) is 3.59. The van der Waals surface area contributed by atoms with E-state index in [4.69, 9.17) is 0 Å². The van der Waals surface area contributed by atoms with Crippen LogP contribution >= 0.6 is 21.6 Å². The largest absolute Gasteiger partial charge is 0.618 e. The van der Waals surface area contributed by atoms with Crippen molar-refractivity contribution < 1.29 is 9.52 Å². The van der Waals surface area contributed by atoms with E-state index in [-0.39, 0.29) is 11.6 Å². The van der Waals surface area contributed by atoms with Gasteiger partial charge < -0.3 is 10.5 Å². The monoisotopic (exact) mass is 342 g/mol. The van der Waals surface area contributed by atoms with Gasteiger partial charge in [0.25, 0.3) is 5.91 Å². The highest BCUT2D eigenvalue weighted by Crippen LogP contribution is 2.19. The van der Waals surface area contributed by atoms with Gasteiger partial charge in [0.2, 0.25) is 11.9 Å². The lowest BCUT2D eigenvalue weighted by Gasteiger charge is -2.05. The van der Waals surface area contributed by atoms with Crippen LogP contribution in [0.4, 0.5) is 0 Å². The standard InChI is InChI=1S/C14H22N4O2S2/c1-4-11(2)15-5-7-21-22-8-6-16-14(19)13-10-18(20)12(3)9-17-13/h9-10H,4-8H2,1-3H3,(H,16,19). The first-order valence-electron chi connectivity index (χ1n) is 7.13. The van der Waals surface area contributed by atoms with Gasteiger partial charge in [-0.2, -0.15) is 4.73 Å². The Kier molecular flexibility index (Phi) is 8.91. The van der Waals surface area contributed by atoms with Crippen molar-refractivity contribution in [2.24, 2.45) is 4.99 Å². The summed E-state index contributed by atoms with van der Waals surface area (Å²) in [6, 6.07) is 0. The van der Waals surface area contributed by atoms with E-state index in [1.165, 1.54) is 18.1 Å². The van der Waals surface area contributed by atoms with Crippen LogP contribution in [-0.4, -0.2) is 41.2 Å². The number of hydrogen-bond acceptors (Lipinski definition) is 6. The van der Waals surface area contributed by atoms with Crippen molar-refractivity contribution in [1.29, 1.82) is 0 Å². The summed E-state index contributed by atoms with van der Waals surface area (Å²) in [4.78, 5) is 20.2. The Morgan fingerprint density at radius 3 is 2.86 bits per heavy atom. The molecule has 1 N–H and O–H groups in total. The van der Waals surface area contributed by atoms with E-state index < -0.39 is 0 Å². The van der Waals surface area contributed by atoms with Crippen LogP contribution in [0.2, 0.25) is 0 Å². The van der Waals surface area contributed by atoms with Gasteiger partial charge in [-0.3, -0.25) is 9.79 Å². The van der Waals surface area contributed by atoms with Gasteiger partial charge in [-0.1, -0.05) is 28.5 Å². The SMILES string of the molecule is CCC(C)=NCCSSCCNC(=O)c1c[n+]([O-])c(C)cn1. The van der Waals surface area contributed by atoms with Crippen LogP contribution in [0.5, 0.6) is 0 Å². The molecule has 1 aromatic heterocycles. The fourth-order valence-electron chi connectivity index (χ4n) is 1.38. The molecule has 1 aromatic rings. The number of aromatic nitrogens is 2. The minimum absolute atomic E-state index is 0.141. The molecule has 0 radical (unpaired) electrons. The minimum atomic E-state index is -0.321. The summed E-state index contributed by atoms with van der Waals surface area (Å²) >= 11 is 0. The smallest absolute Gasteiger partial charge is 0.276 e. The molecule has 0 aromatic carbocycles. The molecule has 1 amide bonds. The minimum Gasteiger partial charge on any atom is -0.618 e. The predicted octanol–water partition coefficient (Wildman–Crippen LogP) is 2.01. The number of hydrogen-bond donors (Lipinski definition) is 1. The van der Waals surface area contributed by atoms with Gasteiger partial charge in [-0.15, -0.1) is 0 Å². The second kappa shape index (κ2) is 10.4. The predicted molar refractivity (Wildman–Crippen MR) is 93.5 cm³/mol. The van der Waals surface area contributed by atoms with Gasteiger partial charge >= 0.3 is 0 Å². The third-order valence-electron chi connectivity index (χ3n) is 2.83. The maximum atomic E-state index is 11.8. The first kappa shape index (κ1) is 18.8. The normalized spacial score (nSPS) is 11.5. The number of carbonyl (C=O) groups is 1. The van der Waals surface area contributed by atoms with E-state index in [2.05, 4.69) is 22.2 Å². The van der Waals surface area contributed by atoms with Gasteiger partial charge in [0.1, 0.15) is 0 Å². The highest BCUT2D eigenvalue weighted by molar-refractivity contribution is 8.76. The van der Waals surface area contributed by atoms with Crippen molar-refractivity contribution in [1.82, 2.24) is 10.3 Å². The van der Waals surface area contributed by atoms with Gasteiger partial charge in [0.05, 0.1) is 6.20 Å². The number of carbonyl (C=O) groups excluding carboxylic acids is 1. The number of aliphatic imine (C=N–C) groups is 1. The van der Waals surface area contributed by atoms with Crippen LogP contribution in [0.25, 0.3) is 0 Å². The van der Waals surface area contributed by atoms with Crippen LogP contribution in [0, 0.1) is 12.1 Å². The average Bonchev–Trinajstić information content (AvgIpc) is 2.51. The van der Waals surface area contributed by atoms with Gasteiger partial charge in [-0.05, 0) is 13.3 Å². The molecule has 0 atom stereocenters. The maximum Gasteiger partial charge on any atom is 0.276 e. The van der Waals surface area contributed by atoms with Crippen LogP contribution in [0.15, 0.2) is 17.4 Å². The molecular formula is C14H22N4O2S2. The van der Waals surface area contributed by atoms with Gasteiger partial charge in [-0.25, -0.2) is 4.98 Å². The van der Waals surface area contributed by atoms with Gasteiger partial charge in [0, 0.05) is 37.2 Å². The van der Waals surface area contributed by atoms with Crippen LogP contribution in [0.3, 0.4) is 0 Å². The summed E-state index contributed by atoms with van der Waals surface area (Å²) in [5.74, 6) is 1.44. The number of nitrogens with one attached hydrogen (secondary N) is 1.